The van der Waals surface area contributed by atoms with E-state index in [1.54, 1.807) is 12.3 Å². The van der Waals surface area contributed by atoms with Gasteiger partial charge in [-0.2, -0.15) is 4.98 Å². The van der Waals surface area contributed by atoms with Crippen LogP contribution in [-0.4, -0.2) is 43.3 Å². The molecule has 1 aliphatic carbocycles. The van der Waals surface area contributed by atoms with Gasteiger partial charge in [-0.25, -0.2) is 9.78 Å². The number of hydrogen-bond acceptors (Lipinski definition) is 5. The van der Waals surface area contributed by atoms with Gasteiger partial charge in [0.25, 0.3) is 5.56 Å². The van der Waals surface area contributed by atoms with E-state index in [0.717, 1.165) is 43.1 Å². The van der Waals surface area contributed by atoms with Gasteiger partial charge in [0.2, 0.25) is 5.95 Å². The van der Waals surface area contributed by atoms with Gasteiger partial charge in [-0.15, -0.1) is 0 Å². The molecular weight excluding hydrogens is 358 g/mol. The summed E-state index contributed by atoms with van der Waals surface area (Å²) in [6.45, 7) is 4.59. The minimum absolute atomic E-state index is 0.0294. The van der Waals surface area contributed by atoms with Gasteiger partial charge in [0, 0.05) is 30.2 Å². The van der Waals surface area contributed by atoms with Crippen molar-refractivity contribution in [3.8, 4) is 0 Å². The Balaban J connectivity index is 1.75. The molecule has 3 atom stereocenters. The molecule has 2 aromatic heterocycles. The van der Waals surface area contributed by atoms with Crippen molar-refractivity contribution in [3.63, 3.8) is 0 Å². The van der Waals surface area contributed by atoms with Crippen molar-refractivity contribution in [2.45, 2.75) is 64.6 Å². The first kappa shape index (κ1) is 18.7. The third kappa shape index (κ3) is 3.31. The minimum atomic E-state index is -0.939. The molecule has 8 heteroatoms. The summed E-state index contributed by atoms with van der Waals surface area (Å²) in [6.07, 6.45) is 6.18. The fourth-order valence-electron chi connectivity index (χ4n) is 4.63. The van der Waals surface area contributed by atoms with Gasteiger partial charge in [-0.1, -0.05) is 13.3 Å². The van der Waals surface area contributed by atoms with E-state index < -0.39 is 6.09 Å². The molecule has 2 fully saturated rings. The zero-order valence-corrected chi connectivity index (χ0v) is 16.4. The van der Waals surface area contributed by atoms with Crippen LogP contribution < -0.4 is 10.9 Å². The number of carboxylic acid groups (broad SMARTS) is 1. The third-order valence-corrected chi connectivity index (χ3v) is 6.19. The molecule has 0 radical (unpaired) electrons. The predicted octanol–water partition coefficient (Wildman–Crippen LogP) is 3.36. The minimum Gasteiger partial charge on any atom is -0.465 e. The number of rotatable bonds is 3. The summed E-state index contributed by atoms with van der Waals surface area (Å²) in [7, 11) is 0. The number of nitrogens with zero attached hydrogens (tertiary/aromatic N) is 4. The highest BCUT2D eigenvalue weighted by molar-refractivity contribution is 5.79. The second kappa shape index (κ2) is 7.41. The van der Waals surface area contributed by atoms with Crippen molar-refractivity contribution in [3.05, 3.63) is 28.2 Å². The zero-order chi connectivity index (χ0) is 19.8. The smallest absolute Gasteiger partial charge is 0.408 e. The van der Waals surface area contributed by atoms with Gasteiger partial charge in [0.1, 0.15) is 11.8 Å². The van der Waals surface area contributed by atoms with Crippen LogP contribution in [0.1, 0.15) is 57.1 Å². The molecule has 0 bridgehead atoms. The number of anilines is 1. The summed E-state index contributed by atoms with van der Waals surface area (Å²) in [5.74, 6) is 0.797. The van der Waals surface area contributed by atoms with Crippen LogP contribution in [0.2, 0.25) is 0 Å². The van der Waals surface area contributed by atoms with Crippen molar-refractivity contribution in [1.82, 2.24) is 19.4 Å². The standard InChI is InChI=1S/C20H27N5O3/c1-12-6-5-7-15(12)25-17(26)10-13(2)14-11-21-19(23-18(14)25)22-16-8-3-4-9-24(16)20(27)28/h10-12,15-16H,3-9H2,1-2H3,(H,27,28)(H,21,22,23). The lowest BCUT2D eigenvalue weighted by Gasteiger charge is -2.33. The van der Waals surface area contributed by atoms with Crippen LogP contribution in [0.25, 0.3) is 11.0 Å². The Hall–Kier alpha value is -2.64. The molecule has 2 aromatic rings. The molecule has 2 aliphatic rings. The molecule has 2 N–H and O–H groups in total. The first-order chi connectivity index (χ1) is 13.5. The summed E-state index contributed by atoms with van der Waals surface area (Å²) < 4.78 is 1.82. The lowest BCUT2D eigenvalue weighted by atomic mass is 10.1. The summed E-state index contributed by atoms with van der Waals surface area (Å²) in [6, 6.07) is 1.81. The normalized spacial score (nSPS) is 25.2. The maximum absolute atomic E-state index is 12.8. The fraction of sp³-hybridized carbons (Fsp3) is 0.600. The van der Waals surface area contributed by atoms with Crippen LogP contribution in [0.3, 0.4) is 0 Å². The lowest BCUT2D eigenvalue weighted by molar-refractivity contribution is 0.114. The number of pyridine rings is 1. The Morgan fingerprint density at radius 1 is 1.25 bits per heavy atom. The number of aromatic nitrogens is 3. The van der Waals surface area contributed by atoms with E-state index in [4.69, 9.17) is 0 Å². The highest BCUT2D eigenvalue weighted by Crippen LogP contribution is 2.36. The summed E-state index contributed by atoms with van der Waals surface area (Å²) >= 11 is 0. The maximum atomic E-state index is 12.8. The van der Waals surface area contributed by atoms with Crippen molar-refractivity contribution in [2.24, 2.45) is 5.92 Å². The predicted molar refractivity (Wildman–Crippen MR) is 107 cm³/mol. The Morgan fingerprint density at radius 2 is 2.07 bits per heavy atom. The van der Waals surface area contributed by atoms with Crippen molar-refractivity contribution >= 4 is 23.1 Å². The molecule has 1 amide bonds. The molecule has 0 spiro atoms. The first-order valence-electron chi connectivity index (χ1n) is 10.1. The first-order valence-corrected chi connectivity index (χ1v) is 10.1. The number of amides is 1. The van der Waals surface area contributed by atoms with E-state index in [1.165, 1.54) is 4.90 Å². The van der Waals surface area contributed by atoms with Gasteiger partial charge in [-0.3, -0.25) is 14.3 Å². The van der Waals surface area contributed by atoms with E-state index in [-0.39, 0.29) is 17.8 Å². The Labute approximate surface area is 163 Å². The SMILES string of the molecule is Cc1cc(=O)n(C2CCCC2C)c2nc(NC3CCCCN3C(=O)O)ncc12. The molecule has 0 aromatic carbocycles. The van der Waals surface area contributed by atoms with E-state index >= 15 is 0 Å². The molecule has 3 unspecified atom stereocenters. The summed E-state index contributed by atoms with van der Waals surface area (Å²) in [4.78, 5) is 34.8. The van der Waals surface area contributed by atoms with E-state index in [1.807, 2.05) is 11.5 Å². The van der Waals surface area contributed by atoms with Crippen LogP contribution in [0.15, 0.2) is 17.1 Å². The van der Waals surface area contributed by atoms with Gasteiger partial charge in [0.15, 0.2) is 0 Å². The van der Waals surface area contributed by atoms with Crippen molar-refractivity contribution in [1.29, 1.82) is 0 Å². The molecule has 8 nitrogen and oxygen atoms in total. The molecule has 3 heterocycles. The number of nitrogens with one attached hydrogen (secondary N) is 1. The van der Waals surface area contributed by atoms with E-state index in [0.29, 0.717) is 30.5 Å². The maximum Gasteiger partial charge on any atom is 0.408 e. The summed E-state index contributed by atoms with van der Waals surface area (Å²) in [5.41, 5.74) is 1.47. The Kier molecular flexibility index (Phi) is 4.95. The zero-order valence-electron chi connectivity index (χ0n) is 16.4. The third-order valence-electron chi connectivity index (χ3n) is 6.19. The second-order valence-electron chi connectivity index (χ2n) is 8.07. The van der Waals surface area contributed by atoms with E-state index in [2.05, 4.69) is 22.2 Å². The molecular formula is C20H27N5O3. The van der Waals surface area contributed by atoms with Gasteiger partial charge >= 0.3 is 6.09 Å². The van der Waals surface area contributed by atoms with Gasteiger partial charge < -0.3 is 10.4 Å². The second-order valence-corrected chi connectivity index (χ2v) is 8.07. The number of fused-ring (bicyclic) bond motifs is 1. The molecule has 1 saturated heterocycles. The molecule has 150 valence electrons. The molecule has 4 rings (SSSR count). The average molecular weight is 385 g/mol. The van der Waals surface area contributed by atoms with Crippen LogP contribution >= 0.6 is 0 Å². The summed E-state index contributed by atoms with van der Waals surface area (Å²) in [5, 5.41) is 13.5. The van der Waals surface area contributed by atoms with Crippen molar-refractivity contribution in [2.75, 3.05) is 11.9 Å². The highest BCUT2D eigenvalue weighted by atomic mass is 16.4. The van der Waals surface area contributed by atoms with Crippen molar-refractivity contribution < 1.29 is 9.90 Å². The molecule has 1 saturated carbocycles. The fourth-order valence-corrected chi connectivity index (χ4v) is 4.63. The van der Waals surface area contributed by atoms with Gasteiger partial charge in [-0.05, 0) is 50.5 Å². The highest BCUT2D eigenvalue weighted by Gasteiger charge is 2.29. The quantitative estimate of drug-likeness (QED) is 0.840. The number of likely N-dealkylation sites (tertiary alicyclic amines) is 1. The van der Waals surface area contributed by atoms with Crippen LogP contribution in [-0.2, 0) is 0 Å². The lowest BCUT2D eigenvalue weighted by Crippen LogP contribution is -2.47. The Bertz CT molecular complexity index is 957. The van der Waals surface area contributed by atoms with Crippen LogP contribution in [0.5, 0.6) is 0 Å². The number of piperidine rings is 1. The number of hydrogen-bond donors (Lipinski definition) is 2. The Morgan fingerprint density at radius 3 is 2.79 bits per heavy atom. The van der Waals surface area contributed by atoms with E-state index in [9.17, 15) is 14.7 Å². The topological polar surface area (TPSA) is 100 Å². The van der Waals surface area contributed by atoms with Crippen LogP contribution in [0, 0.1) is 12.8 Å². The van der Waals surface area contributed by atoms with Gasteiger partial charge in [0.05, 0.1) is 0 Å². The number of aryl methyl sites for hydroxylation is 1. The monoisotopic (exact) mass is 385 g/mol. The van der Waals surface area contributed by atoms with Crippen LogP contribution in [0.4, 0.5) is 10.7 Å². The molecule has 1 aliphatic heterocycles. The largest absolute Gasteiger partial charge is 0.465 e. The molecule has 28 heavy (non-hydrogen) atoms. The number of carbonyl (C=O) groups is 1. The average Bonchev–Trinajstić information content (AvgIpc) is 3.07.